The van der Waals surface area contributed by atoms with Crippen molar-refractivity contribution in [3.8, 4) is 22.3 Å². The molecule has 1 nitrogen and oxygen atoms in total. The molecule has 0 aliphatic heterocycles. The van der Waals surface area contributed by atoms with Gasteiger partial charge in [-0.05, 0) is 66.4 Å². The van der Waals surface area contributed by atoms with Gasteiger partial charge in [-0.3, -0.25) is 0 Å². The van der Waals surface area contributed by atoms with Crippen LogP contribution < -0.4 is 0 Å². The summed E-state index contributed by atoms with van der Waals surface area (Å²) in [6.07, 6.45) is 12.4. The molecule has 1 heteroatoms. The third-order valence-electron chi connectivity index (χ3n) is 6.49. The minimum Gasteiger partial charge on any atom is -0.308 e. The molecule has 0 aromatic heterocycles. The van der Waals surface area contributed by atoms with E-state index < -0.39 is 0 Å². The lowest BCUT2D eigenvalue weighted by atomic mass is 9.80. The molecule has 1 N–H and O–H groups in total. The van der Waals surface area contributed by atoms with Gasteiger partial charge >= 0.3 is 0 Å². The number of allylic oxidation sites excluding steroid dienone is 3. The van der Waals surface area contributed by atoms with Gasteiger partial charge in [0.2, 0.25) is 0 Å². The second kappa shape index (κ2) is 13.0. The standard InChI is InChI=1S/C35H29N.C2H6/c1-6-16-25(23-36)30-21-22-33(27(8-3)26(30)7-2)35-29(10-5)28(9-4)34(24-17-12-11-13-18-24)31-19-14-15-20-32(31)35;1-2/h6-23,36H,1-5H2;1-2H3/b25-16+,36-23?;. The fourth-order valence-electron chi connectivity index (χ4n) is 5.00. The number of benzene rings is 4. The van der Waals surface area contributed by atoms with Gasteiger partial charge in [0.25, 0.3) is 0 Å². The number of nitrogens with one attached hydrogen (secondary N) is 1. The summed E-state index contributed by atoms with van der Waals surface area (Å²) in [7, 11) is 0. The van der Waals surface area contributed by atoms with E-state index in [4.69, 9.17) is 5.41 Å². The molecule has 188 valence electrons. The van der Waals surface area contributed by atoms with Crippen LogP contribution in [0.1, 0.15) is 41.7 Å². The smallest absolute Gasteiger partial charge is 0.0256 e. The Morgan fingerprint density at radius 2 is 1.13 bits per heavy atom. The monoisotopic (exact) mass is 493 g/mol. The van der Waals surface area contributed by atoms with E-state index in [0.29, 0.717) is 0 Å². The van der Waals surface area contributed by atoms with Crippen molar-refractivity contribution in [2.24, 2.45) is 0 Å². The number of fused-ring (bicyclic) bond motifs is 1. The molecule has 4 aromatic carbocycles. The molecule has 38 heavy (non-hydrogen) atoms. The summed E-state index contributed by atoms with van der Waals surface area (Å²) in [4.78, 5) is 0. The predicted octanol–water partition coefficient (Wildman–Crippen LogP) is 11.0. The zero-order chi connectivity index (χ0) is 27.7. The highest BCUT2D eigenvalue weighted by atomic mass is 14.3. The van der Waals surface area contributed by atoms with Crippen molar-refractivity contribution < 1.29 is 0 Å². The molecular weight excluding hydrogens is 458 g/mol. The third-order valence-corrected chi connectivity index (χ3v) is 6.49. The van der Waals surface area contributed by atoms with Crippen LogP contribution in [0.5, 0.6) is 0 Å². The van der Waals surface area contributed by atoms with Crippen molar-refractivity contribution in [3.63, 3.8) is 0 Å². The molecule has 0 aliphatic carbocycles. The molecule has 0 aliphatic rings. The molecule has 0 amide bonds. The van der Waals surface area contributed by atoms with Gasteiger partial charge in [0.15, 0.2) is 0 Å². The molecule has 0 atom stereocenters. The molecule has 0 unspecified atom stereocenters. The van der Waals surface area contributed by atoms with Crippen LogP contribution in [0.3, 0.4) is 0 Å². The average molecular weight is 494 g/mol. The van der Waals surface area contributed by atoms with Crippen molar-refractivity contribution in [3.05, 3.63) is 140 Å². The molecule has 4 aromatic rings. The van der Waals surface area contributed by atoms with Crippen LogP contribution in [0.15, 0.2) is 112 Å². The second-order valence-electron chi connectivity index (χ2n) is 8.30. The van der Waals surface area contributed by atoms with Crippen LogP contribution in [-0.4, -0.2) is 6.21 Å². The van der Waals surface area contributed by atoms with Crippen molar-refractivity contribution in [1.82, 2.24) is 0 Å². The van der Waals surface area contributed by atoms with Crippen LogP contribution >= 0.6 is 0 Å². The van der Waals surface area contributed by atoms with Gasteiger partial charge in [0, 0.05) is 6.21 Å². The van der Waals surface area contributed by atoms with Crippen molar-refractivity contribution >= 4 is 46.9 Å². The summed E-state index contributed by atoms with van der Waals surface area (Å²) >= 11 is 0. The first-order chi connectivity index (χ1) is 18.6. The van der Waals surface area contributed by atoms with Gasteiger partial charge in [-0.1, -0.05) is 150 Å². The summed E-state index contributed by atoms with van der Waals surface area (Å²) in [6.45, 7) is 24.4. The minimum atomic E-state index is 0.759. The van der Waals surface area contributed by atoms with Gasteiger partial charge in [0.1, 0.15) is 0 Å². The highest BCUT2D eigenvalue weighted by Crippen LogP contribution is 2.45. The molecule has 0 spiro atoms. The zero-order valence-electron chi connectivity index (χ0n) is 22.4. The molecule has 0 saturated carbocycles. The van der Waals surface area contributed by atoms with Crippen LogP contribution in [0.2, 0.25) is 0 Å². The van der Waals surface area contributed by atoms with Crippen molar-refractivity contribution in [1.29, 1.82) is 5.41 Å². The zero-order valence-corrected chi connectivity index (χ0v) is 22.4. The van der Waals surface area contributed by atoms with Gasteiger partial charge in [-0.25, -0.2) is 0 Å². The quantitative estimate of drug-likeness (QED) is 0.177. The fourth-order valence-corrected chi connectivity index (χ4v) is 5.00. The lowest BCUT2D eigenvalue weighted by molar-refractivity contribution is 1.50. The molecule has 0 bridgehead atoms. The maximum Gasteiger partial charge on any atom is 0.0256 e. The Bertz CT molecular complexity index is 1560. The Hall–Kier alpha value is -4.75. The Kier molecular flexibility index (Phi) is 9.51. The predicted molar refractivity (Wildman–Crippen MR) is 173 cm³/mol. The molecule has 0 heterocycles. The van der Waals surface area contributed by atoms with E-state index in [0.717, 1.165) is 66.4 Å². The van der Waals surface area contributed by atoms with E-state index in [-0.39, 0.29) is 0 Å². The number of rotatable bonds is 9. The Morgan fingerprint density at radius 1 is 0.605 bits per heavy atom. The third kappa shape index (κ3) is 4.92. The van der Waals surface area contributed by atoms with Crippen LogP contribution in [0, 0.1) is 5.41 Å². The highest BCUT2D eigenvalue weighted by Gasteiger charge is 2.21. The van der Waals surface area contributed by atoms with Crippen molar-refractivity contribution in [2.45, 2.75) is 13.8 Å². The summed E-state index contributed by atoms with van der Waals surface area (Å²) in [6, 6.07) is 23.0. The summed E-state index contributed by atoms with van der Waals surface area (Å²) in [5.74, 6) is 0. The van der Waals surface area contributed by atoms with E-state index in [1.165, 1.54) is 6.21 Å². The fraction of sp³-hybridized carbons (Fsp3) is 0.0541. The lowest BCUT2D eigenvalue weighted by Gasteiger charge is -2.22. The summed E-state index contributed by atoms with van der Waals surface area (Å²) in [5.41, 5.74) is 9.97. The van der Waals surface area contributed by atoms with E-state index in [9.17, 15) is 0 Å². The van der Waals surface area contributed by atoms with Gasteiger partial charge < -0.3 is 5.41 Å². The molecule has 4 rings (SSSR count). The molecule has 0 saturated heterocycles. The molecular formula is C37H35N. The van der Waals surface area contributed by atoms with Crippen molar-refractivity contribution in [2.75, 3.05) is 0 Å². The van der Waals surface area contributed by atoms with E-state index >= 15 is 0 Å². The maximum atomic E-state index is 7.92. The Labute approximate surface area is 227 Å². The van der Waals surface area contributed by atoms with Gasteiger partial charge in [-0.15, -0.1) is 0 Å². The lowest BCUT2D eigenvalue weighted by Crippen LogP contribution is -2.00. The topological polar surface area (TPSA) is 23.9 Å². The van der Waals surface area contributed by atoms with E-state index in [1.807, 2.05) is 56.4 Å². The summed E-state index contributed by atoms with van der Waals surface area (Å²) < 4.78 is 0. The van der Waals surface area contributed by atoms with Crippen LogP contribution in [0.25, 0.3) is 62.9 Å². The second-order valence-corrected chi connectivity index (χ2v) is 8.30. The SMILES string of the molecule is C=C/C=C(\C=N)c1ccc(-c2c(C=C)c(C=C)c(-c3ccccc3)c3ccccc23)c(C=C)c1C=C.CC. The van der Waals surface area contributed by atoms with Crippen LogP contribution in [0.4, 0.5) is 0 Å². The highest BCUT2D eigenvalue weighted by molar-refractivity contribution is 6.14. The minimum absolute atomic E-state index is 0.759. The first-order valence-corrected chi connectivity index (χ1v) is 12.8. The van der Waals surface area contributed by atoms with Gasteiger partial charge in [0.05, 0.1) is 0 Å². The molecule has 0 radical (unpaired) electrons. The first kappa shape index (κ1) is 27.8. The van der Waals surface area contributed by atoms with E-state index in [2.05, 4.69) is 87.5 Å². The van der Waals surface area contributed by atoms with Gasteiger partial charge in [-0.2, -0.15) is 0 Å². The number of hydrogen-bond donors (Lipinski definition) is 1. The number of hydrogen-bond acceptors (Lipinski definition) is 1. The first-order valence-electron chi connectivity index (χ1n) is 12.8. The normalized spacial score (nSPS) is 10.6. The largest absolute Gasteiger partial charge is 0.308 e. The Balaban J connectivity index is 0.00000195. The summed E-state index contributed by atoms with van der Waals surface area (Å²) in [5, 5.41) is 10.2. The van der Waals surface area contributed by atoms with E-state index in [1.54, 1.807) is 6.08 Å². The van der Waals surface area contributed by atoms with Crippen LogP contribution in [-0.2, 0) is 0 Å². The molecule has 0 fully saturated rings. The maximum absolute atomic E-state index is 7.92. The Morgan fingerprint density at radius 3 is 1.66 bits per heavy atom. The average Bonchev–Trinajstić information content (AvgIpc) is 2.99.